The second-order valence-corrected chi connectivity index (χ2v) is 15.5. The summed E-state index contributed by atoms with van der Waals surface area (Å²) in [5.41, 5.74) is 18.6. The van der Waals surface area contributed by atoms with E-state index in [1.165, 1.54) is 0 Å². The third-order valence-electron chi connectivity index (χ3n) is 11.7. The van der Waals surface area contributed by atoms with Crippen molar-refractivity contribution in [3.8, 4) is 89.5 Å². The monoisotopic (exact) mass is 789 g/mol. The molecule has 0 radical (unpaired) electrons. The fourth-order valence-corrected chi connectivity index (χ4v) is 8.72. The van der Waals surface area contributed by atoms with Crippen LogP contribution >= 0.6 is 0 Å². The van der Waals surface area contributed by atoms with Crippen molar-refractivity contribution in [2.24, 2.45) is 0 Å². The molecule has 0 saturated heterocycles. The molecule has 0 unspecified atom stereocenters. The fraction of sp³-hybridized carbons (Fsp3) is 0. The summed E-state index contributed by atoms with van der Waals surface area (Å²) in [6.07, 6.45) is 0. The van der Waals surface area contributed by atoms with Crippen molar-refractivity contribution in [2.75, 3.05) is 0 Å². The third-order valence-corrected chi connectivity index (χ3v) is 11.7. The minimum Gasteiger partial charge on any atom is -0.246 e. The molecule has 3 heterocycles. The lowest BCUT2D eigenvalue weighted by molar-refractivity contribution is 1.32. The first-order chi connectivity index (χ1) is 30.8. The second-order valence-electron chi connectivity index (χ2n) is 15.5. The Morgan fingerprint density at radius 2 is 0.613 bits per heavy atom. The summed E-state index contributed by atoms with van der Waals surface area (Å²) in [7, 11) is 0. The molecule has 0 N–H and O–H groups in total. The van der Waals surface area contributed by atoms with Crippen molar-refractivity contribution >= 4 is 21.8 Å². The first-order valence-corrected chi connectivity index (χ1v) is 21.0. The smallest absolute Gasteiger partial charge is 0.0978 e. The number of aromatic nitrogens is 3. The molecule has 3 aromatic heterocycles. The third kappa shape index (κ3) is 6.82. The lowest BCUT2D eigenvalue weighted by atomic mass is 9.83. The fourth-order valence-electron chi connectivity index (χ4n) is 8.72. The quantitative estimate of drug-likeness (QED) is 0.144. The molecule has 3 heteroatoms. The Labute approximate surface area is 361 Å². The zero-order chi connectivity index (χ0) is 41.2. The van der Waals surface area contributed by atoms with E-state index in [4.69, 9.17) is 15.0 Å². The van der Waals surface area contributed by atoms with Gasteiger partial charge in [-0.25, -0.2) is 15.0 Å². The molecule has 0 bridgehead atoms. The average molecular weight is 790 g/mol. The lowest BCUT2D eigenvalue weighted by Crippen LogP contribution is -2.01. The molecule has 0 aliphatic rings. The molecular formula is C59H39N3. The van der Waals surface area contributed by atoms with E-state index in [0.717, 1.165) is 111 Å². The molecule has 11 rings (SSSR count). The van der Waals surface area contributed by atoms with E-state index in [-0.39, 0.29) is 0 Å². The van der Waals surface area contributed by atoms with Crippen LogP contribution in [0.15, 0.2) is 237 Å². The Morgan fingerprint density at radius 1 is 0.242 bits per heavy atom. The number of nitrogens with zero attached hydrogens (tertiary/aromatic N) is 3. The summed E-state index contributed by atoms with van der Waals surface area (Å²) in [6.45, 7) is 0. The van der Waals surface area contributed by atoms with Gasteiger partial charge in [-0.3, -0.25) is 0 Å². The van der Waals surface area contributed by atoms with Crippen molar-refractivity contribution < 1.29 is 0 Å². The predicted octanol–water partition coefficient (Wildman–Crippen LogP) is 15.5. The van der Waals surface area contributed by atoms with E-state index in [2.05, 4.69) is 224 Å². The minimum atomic E-state index is 0.882. The zero-order valence-corrected chi connectivity index (χ0v) is 33.9. The number of pyridine rings is 3. The Balaban J connectivity index is 1.16. The van der Waals surface area contributed by atoms with Crippen LogP contribution in [0.3, 0.4) is 0 Å². The van der Waals surface area contributed by atoms with E-state index < -0.39 is 0 Å². The highest BCUT2D eigenvalue weighted by Crippen LogP contribution is 2.49. The molecule has 0 aliphatic carbocycles. The zero-order valence-electron chi connectivity index (χ0n) is 33.9. The van der Waals surface area contributed by atoms with Gasteiger partial charge in [0.1, 0.15) is 0 Å². The number of hydrogen-bond acceptors (Lipinski definition) is 3. The molecule has 0 atom stereocenters. The van der Waals surface area contributed by atoms with E-state index in [9.17, 15) is 0 Å². The van der Waals surface area contributed by atoms with Gasteiger partial charge >= 0.3 is 0 Å². The molecule has 290 valence electrons. The average Bonchev–Trinajstić information content (AvgIpc) is 3.37. The van der Waals surface area contributed by atoms with Gasteiger partial charge in [-0.05, 0) is 52.1 Å². The van der Waals surface area contributed by atoms with Gasteiger partial charge in [-0.1, -0.05) is 212 Å². The maximum atomic E-state index is 5.62. The van der Waals surface area contributed by atoms with Gasteiger partial charge in [0.2, 0.25) is 0 Å². The summed E-state index contributed by atoms with van der Waals surface area (Å²) in [4.78, 5) is 16.3. The topological polar surface area (TPSA) is 38.7 Å². The molecular weight excluding hydrogens is 751 g/mol. The van der Waals surface area contributed by atoms with Crippen molar-refractivity contribution in [1.29, 1.82) is 0 Å². The first kappa shape index (κ1) is 36.8. The lowest BCUT2D eigenvalue weighted by Gasteiger charge is -2.23. The van der Waals surface area contributed by atoms with Gasteiger partial charge < -0.3 is 0 Å². The molecule has 62 heavy (non-hydrogen) atoms. The Hall–Kier alpha value is -8.27. The van der Waals surface area contributed by atoms with Crippen molar-refractivity contribution in [3.63, 3.8) is 0 Å². The number of rotatable bonds is 8. The molecule has 3 nitrogen and oxygen atoms in total. The van der Waals surface area contributed by atoms with E-state index in [1.807, 2.05) is 12.1 Å². The van der Waals surface area contributed by atoms with Crippen molar-refractivity contribution in [1.82, 2.24) is 15.0 Å². The van der Waals surface area contributed by atoms with E-state index in [0.29, 0.717) is 0 Å². The maximum Gasteiger partial charge on any atom is 0.0978 e. The van der Waals surface area contributed by atoms with Crippen LogP contribution in [0.1, 0.15) is 0 Å². The van der Waals surface area contributed by atoms with Crippen molar-refractivity contribution in [2.45, 2.75) is 0 Å². The predicted molar refractivity (Wildman–Crippen MR) is 258 cm³/mol. The summed E-state index contributed by atoms with van der Waals surface area (Å²) in [6, 6.07) is 83.4. The highest BCUT2D eigenvalue weighted by molar-refractivity contribution is 6.12. The number of fused-ring (bicyclic) bond motifs is 3. The van der Waals surface area contributed by atoms with Gasteiger partial charge in [0.15, 0.2) is 0 Å². The van der Waals surface area contributed by atoms with Crippen LogP contribution in [-0.4, -0.2) is 15.0 Å². The highest BCUT2D eigenvalue weighted by atomic mass is 14.8. The Bertz CT molecular complexity index is 3230. The van der Waals surface area contributed by atoms with Gasteiger partial charge in [-0.15, -0.1) is 0 Å². The molecule has 11 aromatic rings. The van der Waals surface area contributed by atoms with Crippen LogP contribution in [0.25, 0.3) is 111 Å². The maximum absolute atomic E-state index is 5.62. The molecule has 0 aliphatic heterocycles. The van der Waals surface area contributed by atoms with Gasteiger partial charge in [-0.2, -0.15) is 0 Å². The molecule has 8 aromatic carbocycles. The van der Waals surface area contributed by atoms with Crippen LogP contribution in [-0.2, 0) is 0 Å². The van der Waals surface area contributed by atoms with Crippen LogP contribution in [0, 0.1) is 0 Å². The van der Waals surface area contributed by atoms with Gasteiger partial charge in [0.05, 0.1) is 33.8 Å². The number of hydrogen-bond donors (Lipinski definition) is 0. The normalized spacial score (nSPS) is 11.2. The minimum absolute atomic E-state index is 0.882. The molecule has 0 saturated carbocycles. The summed E-state index contributed by atoms with van der Waals surface area (Å²) < 4.78 is 0. The van der Waals surface area contributed by atoms with Crippen LogP contribution < -0.4 is 0 Å². The molecule has 0 spiro atoms. The van der Waals surface area contributed by atoms with Crippen molar-refractivity contribution in [3.05, 3.63) is 237 Å². The highest BCUT2D eigenvalue weighted by Gasteiger charge is 2.25. The second kappa shape index (κ2) is 16.1. The summed E-state index contributed by atoms with van der Waals surface area (Å²) in [5, 5.41) is 2.10. The van der Waals surface area contributed by atoms with Crippen LogP contribution in [0.5, 0.6) is 0 Å². The van der Waals surface area contributed by atoms with Crippen LogP contribution in [0.4, 0.5) is 0 Å². The number of benzene rings is 8. The standard InChI is InChI=1S/C59H39N3/c1-7-19-41(20-8-1)51-37-35-48-39-50(49-36-38-52(42-21-9-2-10-22-42)61-59(49)58(48)60-51)40-31-33-45(34-32-40)53-54(43-23-11-3-12-24-43)56(46-27-15-5-16-28-46)62-57(47-29-17-6-18-30-47)55(53)44-25-13-4-14-26-44/h1-39H. The summed E-state index contributed by atoms with van der Waals surface area (Å²) in [5.74, 6) is 0. The first-order valence-electron chi connectivity index (χ1n) is 21.0. The Kier molecular flexibility index (Phi) is 9.53. The largest absolute Gasteiger partial charge is 0.246 e. The van der Waals surface area contributed by atoms with Crippen LogP contribution in [0.2, 0.25) is 0 Å². The van der Waals surface area contributed by atoms with Gasteiger partial charge in [0.25, 0.3) is 0 Å². The molecule has 0 amide bonds. The summed E-state index contributed by atoms with van der Waals surface area (Å²) >= 11 is 0. The van der Waals surface area contributed by atoms with E-state index >= 15 is 0 Å². The van der Waals surface area contributed by atoms with Gasteiger partial charge in [0, 0.05) is 49.7 Å². The van der Waals surface area contributed by atoms with E-state index in [1.54, 1.807) is 0 Å². The SMILES string of the molecule is c1ccc(-c2ccc3cc(-c4ccc(-c5c(-c6ccccc6)c(-c6ccccc6)nc(-c6ccccc6)c5-c5ccccc5)cc4)c4ccc(-c5ccccc5)nc4c3n2)cc1. The molecule has 0 fully saturated rings. The Morgan fingerprint density at radius 3 is 1.08 bits per heavy atom.